The molecule has 3 nitrogen and oxygen atoms in total. The normalized spacial score (nSPS) is 18.4. The van der Waals surface area contributed by atoms with Gasteiger partial charge in [0.2, 0.25) is 0 Å². The van der Waals surface area contributed by atoms with Crippen LogP contribution in [-0.2, 0) is 0 Å². The Kier molecular flexibility index (Phi) is 3.67. The van der Waals surface area contributed by atoms with Gasteiger partial charge in [0.15, 0.2) is 0 Å². The number of ether oxygens (including phenoxy) is 1. The summed E-state index contributed by atoms with van der Waals surface area (Å²) >= 11 is 0. The van der Waals surface area contributed by atoms with Gasteiger partial charge >= 0.3 is 0 Å². The van der Waals surface area contributed by atoms with Gasteiger partial charge in [-0.05, 0) is 12.1 Å². The molecule has 2 unspecified atom stereocenters. The van der Waals surface area contributed by atoms with E-state index < -0.39 is 6.10 Å². The molecule has 0 saturated carbocycles. The van der Waals surface area contributed by atoms with E-state index in [1.165, 1.54) is 6.07 Å². The fourth-order valence-electron chi connectivity index (χ4n) is 2.44. The Balaban J connectivity index is 1.65. The van der Waals surface area contributed by atoms with Crippen LogP contribution in [0.4, 0.5) is 4.39 Å². The molecule has 104 valence electrons. The van der Waals surface area contributed by atoms with E-state index >= 15 is 0 Å². The Morgan fingerprint density at radius 3 is 2.80 bits per heavy atom. The highest BCUT2D eigenvalue weighted by molar-refractivity contribution is 5.39. The maximum atomic E-state index is 13.6. The van der Waals surface area contributed by atoms with Crippen LogP contribution in [0.2, 0.25) is 0 Å². The van der Waals surface area contributed by atoms with E-state index in [9.17, 15) is 9.50 Å². The van der Waals surface area contributed by atoms with Crippen molar-refractivity contribution >= 4 is 0 Å². The molecular formula is C16H16FNO2. The van der Waals surface area contributed by atoms with Crippen LogP contribution in [0.15, 0.2) is 48.5 Å². The molecule has 0 spiro atoms. The molecule has 1 heterocycles. The van der Waals surface area contributed by atoms with Crippen LogP contribution in [-0.4, -0.2) is 18.3 Å². The zero-order valence-electron chi connectivity index (χ0n) is 10.9. The monoisotopic (exact) mass is 273 g/mol. The molecule has 2 atom stereocenters. The summed E-state index contributed by atoms with van der Waals surface area (Å²) in [7, 11) is 0. The first kappa shape index (κ1) is 13.1. The van der Waals surface area contributed by atoms with Crippen LogP contribution < -0.4 is 10.1 Å². The molecular weight excluding hydrogens is 257 g/mol. The van der Waals surface area contributed by atoms with Crippen molar-refractivity contribution in [3.05, 3.63) is 65.5 Å². The second-order valence-corrected chi connectivity index (χ2v) is 4.85. The molecule has 0 aliphatic carbocycles. The van der Waals surface area contributed by atoms with E-state index in [1.54, 1.807) is 18.2 Å². The quantitative estimate of drug-likeness (QED) is 0.899. The van der Waals surface area contributed by atoms with Gasteiger partial charge in [0.05, 0.1) is 12.1 Å². The summed E-state index contributed by atoms with van der Waals surface area (Å²) in [6.45, 7) is 0.812. The molecule has 1 aliphatic rings. The molecule has 0 aromatic heterocycles. The maximum Gasteiger partial charge on any atom is 0.129 e. The highest BCUT2D eigenvalue weighted by Gasteiger charge is 2.24. The van der Waals surface area contributed by atoms with Crippen molar-refractivity contribution in [3.63, 3.8) is 0 Å². The van der Waals surface area contributed by atoms with Gasteiger partial charge < -0.3 is 15.2 Å². The predicted molar refractivity (Wildman–Crippen MR) is 74.0 cm³/mol. The Bertz CT molecular complexity index is 603. The third-order valence-corrected chi connectivity index (χ3v) is 3.52. The first-order valence-corrected chi connectivity index (χ1v) is 6.63. The maximum absolute atomic E-state index is 13.6. The fourth-order valence-corrected chi connectivity index (χ4v) is 2.44. The summed E-state index contributed by atoms with van der Waals surface area (Å²) in [5.74, 6) is 0.482. The number of halogens is 1. The number of fused-ring (bicyclic) bond motifs is 1. The lowest BCUT2D eigenvalue weighted by Crippen LogP contribution is -2.27. The minimum Gasteiger partial charge on any atom is -0.491 e. The Morgan fingerprint density at radius 2 is 1.95 bits per heavy atom. The summed E-state index contributed by atoms with van der Waals surface area (Å²) in [4.78, 5) is 0. The highest BCUT2D eigenvalue weighted by Crippen LogP contribution is 2.31. The van der Waals surface area contributed by atoms with Gasteiger partial charge in [-0.2, -0.15) is 0 Å². The first-order chi connectivity index (χ1) is 9.75. The molecule has 0 radical (unpaired) electrons. The number of hydrogen-bond donors (Lipinski definition) is 2. The van der Waals surface area contributed by atoms with E-state index in [2.05, 4.69) is 5.32 Å². The van der Waals surface area contributed by atoms with Crippen LogP contribution in [0.3, 0.4) is 0 Å². The Labute approximate surface area is 117 Å². The molecule has 0 saturated heterocycles. The van der Waals surface area contributed by atoms with Crippen LogP contribution >= 0.6 is 0 Å². The number of hydrogen-bond acceptors (Lipinski definition) is 3. The van der Waals surface area contributed by atoms with Crippen molar-refractivity contribution in [1.29, 1.82) is 0 Å². The number of nitrogens with one attached hydrogen (secondary N) is 1. The number of benzene rings is 2. The topological polar surface area (TPSA) is 41.5 Å². The Hall–Kier alpha value is -1.91. The molecule has 2 aromatic rings. The van der Waals surface area contributed by atoms with Gasteiger partial charge in [-0.3, -0.25) is 0 Å². The average Bonchev–Trinajstić information content (AvgIpc) is 2.88. The summed E-state index contributed by atoms with van der Waals surface area (Å²) in [5.41, 5.74) is 1.39. The van der Waals surface area contributed by atoms with Gasteiger partial charge in [0, 0.05) is 17.7 Å². The predicted octanol–water partition coefficient (Wildman–Crippen LogP) is 2.58. The van der Waals surface area contributed by atoms with Gasteiger partial charge in [-0.15, -0.1) is 0 Å². The van der Waals surface area contributed by atoms with Gasteiger partial charge in [0.25, 0.3) is 0 Å². The molecule has 4 heteroatoms. The molecule has 2 aromatic carbocycles. The van der Waals surface area contributed by atoms with Crippen molar-refractivity contribution < 1.29 is 14.2 Å². The highest BCUT2D eigenvalue weighted by atomic mass is 19.1. The number of para-hydroxylation sites is 1. The van der Waals surface area contributed by atoms with Crippen molar-refractivity contribution in [2.45, 2.75) is 12.1 Å². The van der Waals surface area contributed by atoms with E-state index in [0.29, 0.717) is 12.2 Å². The van der Waals surface area contributed by atoms with Gasteiger partial charge in [-0.1, -0.05) is 36.4 Å². The largest absolute Gasteiger partial charge is 0.491 e. The molecule has 2 N–H and O–H groups in total. The third-order valence-electron chi connectivity index (χ3n) is 3.52. The van der Waals surface area contributed by atoms with Crippen LogP contribution in [0.1, 0.15) is 23.3 Å². The van der Waals surface area contributed by atoms with E-state index in [0.717, 1.165) is 11.3 Å². The van der Waals surface area contributed by atoms with E-state index in [-0.39, 0.29) is 18.4 Å². The molecule has 0 bridgehead atoms. The zero-order chi connectivity index (χ0) is 13.9. The lowest BCUT2D eigenvalue weighted by Gasteiger charge is -2.16. The number of rotatable bonds is 4. The lowest BCUT2D eigenvalue weighted by atomic mass is 10.1. The fraction of sp³-hybridized carbons (Fsp3) is 0.250. The SMILES string of the molecule is OC(CNC1COc2ccccc21)c1ccccc1F. The molecule has 3 rings (SSSR count). The minimum absolute atomic E-state index is 0.0348. The first-order valence-electron chi connectivity index (χ1n) is 6.63. The minimum atomic E-state index is -0.871. The summed E-state index contributed by atoms with van der Waals surface area (Å²) in [6, 6.07) is 14.1. The second-order valence-electron chi connectivity index (χ2n) is 4.85. The van der Waals surface area contributed by atoms with Crippen molar-refractivity contribution in [3.8, 4) is 5.75 Å². The smallest absolute Gasteiger partial charge is 0.129 e. The Morgan fingerprint density at radius 1 is 1.20 bits per heavy atom. The van der Waals surface area contributed by atoms with Crippen molar-refractivity contribution in [2.75, 3.05) is 13.2 Å². The van der Waals surface area contributed by atoms with E-state index in [1.807, 2.05) is 24.3 Å². The van der Waals surface area contributed by atoms with Crippen molar-refractivity contribution in [1.82, 2.24) is 5.32 Å². The lowest BCUT2D eigenvalue weighted by molar-refractivity contribution is 0.162. The molecule has 20 heavy (non-hydrogen) atoms. The van der Waals surface area contributed by atoms with Gasteiger partial charge in [0.1, 0.15) is 18.2 Å². The zero-order valence-corrected chi connectivity index (χ0v) is 10.9. The summed E-state index contributed by atoms with van der Waals surface area (Å²) in [5, 5.41) is 13.3. The standard InChI is InChI=1S/C16H16FNO2/c17-13-7-3-1-5-11(13)15(19)9-18-14-10-20-16-8-4-2-6-12(14)16/h1-8,14-15,18-19H,9-10H2. The van der Waals surface area contributed by atoms with Crippen LogP contribution in [0.25, 0.3) is 0 Å². The average molecular weight is 273 g/mol. The van der Waals surface area contributed by atoms with E-state index in [4.69, 9.17) is 4.74 Å². The third kappa shape index (κ3) is 2.53. The van der Waals surface area contributed by atoms with Crippen LogP contribution in [0, 0.1) is 5.82 Å². The van der Waals surface area contributed by atoms with Gasteiger partial charge in [-0.25, -0.2) is 4.39 Å². The summed E-state index contributed by atoms with van der Waals surface area (Å²) < 4.78 is 19.1. The number of aliphatic hydroxyl groups is 1. The van der Waals surface area contributed by atoms with Crippen molar-refractivity contribution in [2.24, 2.45) is 0 Å². The second kappa shape index (κ2) is 5.61. The number of aliphatic hydroxyl groups excluding tert-OH is 1. The van der Waals surface area contributed by atoms with Crippen LogP contribution in [0.5, 0.6) is 5.75 Å². The molecule has 0 amide bonds. The summed E-state index contributed by atoms with van der Waals surface area (Å²) in [6.07, 6.45) is -0.871. The molecule has 1 aliphatic heterocycles. The molecule has 0 fully saturated rings.